The van der Waals surface area contributed by atoms with E-state index in [2.05, 4.69) is 115 Å². The zero-order valence-electron chi connectivity index (χ0n) is 17.8. The summed E-state index contributed by atoms with van der Waals surface area (Å²) in [5.41, 5.74) is 4.92. The molecule has 0 radical (unpaired) electrons. The van der Waals surface area contributed by atoms with Gasteiger partial charge in [0, 0.05) is 12.0 Å². The van der Waals surface area contributed by atoms with Crippen molar-refractivity contribution in [1.29, 1.82) is 0 Å². The van der Waals surface area contributed by atoms with E-state index in [1.54, 1.807) is 0 Å². The zero-order chi connectivity index (χ0) is 21.0. The van der Waals surface area contributed by atoms with E-state index in [1.165, 1.54) is 27.6 Å². The van der Waals surface area contributed by atoms with Crippen LogP contribution in [0.25, 0.3) is 16.8 Å². The van der Waals surface area contributed by atoms with Gasteiger partial charge >= 0.3 is 0 Å². The van der Waals surface area contributed by atoms with Crippen molar-refractivity contribution >= 4 is 16.8 Å². The van der Waals surface area contributed by atoms with E-state index in [-0.39, 0.29) is 6.23 Å². The van der Waals surface area contributed by atoms with Crippen LogP contribution >= 0.6 is 0 Å². The average Bonchev–Trinajstić information content (AvgIpc) is 3.19. The number of rotatable bonds is 5. The van der Waals surface area contributed by atoms with Gasteiger partial charge in [-0.05, 0) is 47.2 Å². The molecule has 154 valence electrons. The summed E-state index contributed by atoms with van der Waals surface area (Å²) in [7, 11) is 0. The van der Waals surface area contributed by atoms with Gasteiger partial charge in [-0.1, -0.05) is 97.1 Å². The maximum atomic E-state index is 6.17. The molecule has 3 aromatic carbocycles. The Hall–Kier alpha value is -3.52. The van der Waals surface area contributed by atoms with E-state index in [9.17, 15) is 0 Å². The van der Waals surface area contributed by atoms with Crippen molar-refractivity contribution in [1.82, 2.24) is 5.32 Å². The fraction of sp³-hybridized carbons (Fsp3) is 0.172. The first-order chi connectivity index (χ1) is 15.2. The number of hydrogen-bond donors (Lipinski definition) is 1. The highest BCUT2D eigenvalue weighted by Crippen LogP contribution is 2.32. The van der Waals surface area contributed by atoms with E-state index in [0.29, 0.717) is 5.92 Å². The molecule has 2 heteroatoms. The van der Waals surface area contributed by atoms with E-state index < -0.39 is 0 Å². The number of benzene rings is 3. The minimum Gasteiger partial charge on any atom is -0.469 e. The third-order valence-corrected chi connectivity index (χ3v) is 6.03. The van der Waals surface area contributed by atoms with E-state index in [0.717, 1.165) is 24.2 Å². The number of hydrogen-bond acceptors (Lipinski definition) is 2. The summed E-state index contributed by atoms with van der Waals surface area (Å²) in [6.45, 7) is 2.06. The molecule has 0 spiro atoms. The number of allylic oxidation sites excluding steroid dienone is 6. The lowest BCUT2D eigenvalue weighted by atomic mass is 9.93. The summed E-state index contributed by atoms with van der Waals surface area (Å²) < 4.78 is 6.17. The van der Waals surface area contributed by atoms with Crippen molar-refractivity contribution in [2.45, 2.75) is 26.0 Å². The SMILES string of the molecule is CC1=C(CC2=CCC(/C=C/c3ccccc3)C=C2)NC(c2ccc3ccccc3c2)O1. The molecule has 1 aliphatic carbocycles. The van der Waals surface area contributed by atoms with Crippen molar-refractivity contribution in [2.75, 3.05) is 0 Å². The predicted molar refractivity (Wildman–Crippen MR) is 129 cm³/mol. The molecule has 2 unspecified atom stereocenters. The fourth-order valence-electron chi connectivity index (χ4n) is 4.19. The lowest BCUT2D eigenvalue weighted by molar-refractivity contribution is 0.130. The smallest absolute Gasteiger partial charge is 0.195 e. The molecular formula is C29H27NO. The van der Waals surface area contributed by atoms with E-state index in [1.807, 2.05) is 0 Å². The Morgan fingerprint density at radius 1 is 0.968 bits per heavy atom. The predicted octanol–water partition coefficient (Wildman–Crippen LogP) is 7.30. The number of fused-ring (bicyclic) bond motifs is 1. The van der Waals surface area contributed by atoms with Crippen LogP contribution in [0.3, 0.4) is 0 Å². The van der Waals surface area contributed by atoms with Gasteiger partial charge in [-0.2, -0.15) is 0 Å². The van der Waals surface area contributed by atoms with Crippen LogP contribution in [0.15, 0.2) is 114 Å². The van der Waals surface area contributed by atoms with Crippen molar-refractivity contribution in [3.05, 3.63) is 125 Å². The number of nitrogens with one attached hydrogen (secondary N) is 1. The van der Waals surface area contributed by atoms with Crippen LogP contribution in [-0.2, 0) is 4.74 Å². The Labute approximate surface area is 184 Å². The standard InChI is InChI=1S/C29H27NO/c1-21-28(30-29(31-21)27-18-17-25-9-5-6-10-26(25)20-27)19-24-15-13-23(14-16-24)12-11-22-7-3-2-4-8-22/h2-13,15-18,20,23,29-30H,14,19H2,1H3/b12-11+. The second-order valence-electron chi connectivity index (χ2n) is 8.27. The van der Waals surface area contributed by atoms with Gasteiger partial charge in [-0.15, -0.1) is 0 Å². The quantitative estimate of drug-likeness (QED) is 0.481. The second kappa shape index (κ2) is 8.69. The molecule has 1 aliphatic heterocycles. The lowest BCUT2D eigenvalue weighted by Crippen LogP contribution is -2.16. The summed E-state index contributed by atoms with van der Waals surface area (Å²) in [6.07, 6.45) is 13.2. The molecule has 0 fully saturated rings. The van der Waals surface area contributed by atoms with Crippen LogP contribution in [0.5, 0.6) is 0 Å². The molecule has 2 aliphatic rings. The molecule has 0 aromatic heterocycles. The van der Waals surface area contributed by atoms with Gasteiger partial charge in [0.15, 0.2) is 6.23 Å². The normalized spacial score (nSPS) is 20.7. The van der Waals surface area contributed by atoms with Crippen LogP contribution in [0, 0.1) is 5.92 Å². The Balaban J connectivity index is 1.20. The third-order valence-electron chi connectivity index (χ3n) is 6.03. The van der Waals surface area contributed by atoms with Crippen LogP contribution in [-0.4, -0.2) is 0 Å². The van der Waals surface area contributed by atoms with Gasteiger partial charge in [0.1, 0.15) is 5.76 Å². The minimum atomic E-state index is -0.116. The Bertz CT molecular complexity index is 1200. The molecule has 1 heterocycles. The van der Waals surface area contributed by atoms with Gasteiger partial charge < -0.3 is 10.1 Å². The first-order valence-corrected chi connectivity index (χ1v) is 11.0. The highest BCUT2D eigenvalue weighted by atomic mass is 16.5. The average molecular weight is 406 g/mol. The van der Waals surface area contributed by atoms with Crippen molar-refractivity contribution in [2.24, 2.45) is 5.92 Å². The zero-order valence-corrected chi connectivity index (χ0v) is 17.8. The molecule has 5 rings (SSSR count). The third kappa shape index (κ3) is 4.49. The minimum absolute atomic E-state index is 0.116. The maximum Gasteiger partial charge on any atom is 0.195 e. The molecule has 3 aromatic rings. The summed E-state index contributed by atoms with van der Waals surface area (Å²) in [6, 6.07) is 25.4. The molecule has 1 N–H and O–H groups in total. The molecule has 2 nitrogen and oxygen atoms in total. The first kappa shape index (κ1) is 19.4. The lowest BCUT2D eigenvalue weighted by Gasteiger charge is -2.16. The molecule has 31 heavy (non-hydrogen) atoms. The Morgan fingerprint density at radius 2 is 1.77 bits per heavy atom. The van der Waals surface area contributed by atoms with Crippen LogP contribution in [0.4, 0.5) is 0 Å². The highest BCUT2D eigenvalue weighted by molar-refractivity contribution is 5.83. The largest absolute Gasteiger partial charge is 0.469 e. The van der Waals surface area contributed by atoms with Gasteiger partial charge in [-0.3, -0.25) is 0 Å². The fourth-order valence-corrected chi connectivity index (χ4v) is 4.19. The van der Waals surface area contributed by atoms with Gasteiger partial charge in [0.2, 0.25) is 0 Å². The first-order valence-electron chi connectivity index (χ1n) is 11.0. The maximum absolute atomic E-state index is 6.17. The summed E-state index contributed by atoms with van der Waals surface area (Å²) in [5.74, 6) is 1.44. The monoisotopic (exact) mass is 405 g/mol. The second-order valence-corrected chi connectivity index (χ2v) is 8.27. The van der Waals surface area contributed by atoms with Crippen molar-refractivity contribution in [3.63, 3.8) is 0 Å². The molecule has 2 atom stereocenters. The van der Waals surface area contributed by atoms with Gasteiger partial charge in [-0.25, -0.2) is 0 Å². The molecule has 0 saturated carbocycles. The molecule has 0 saturated heterocycles. The number of ether oxygens (including phenoxy) is 1. The highest BCUT2D eigenvalue weighted by Gasteiger charge is 2.24. The topological polar surface area (TPSA) is 21.3 Å². The molecule has 0 bridgehead atoms. The van der Waals surface area contributed by atoms with Gasteiger partial charge in [0.25, 0.3) is 0 Å². The Morgan fingerprint density at radius 3 is 2.58 bits per heavy atom. The summed E-state index contributed by atoms with van der Waals surface area (Å²) in [4.78, 5) is 0. The summed E-state index contributed by atoms with van der Waals surface area (Å²) in [5, 5.41) is 6.09. The van der Waals surface area contributed by atoms with Crippen LogP contribution in [0.2, 0.25) is 0 Å². The van der Waals surface area contributed by atoms with Crippen LogP contribution < -0.4 is 5.32 Å². The molecular weight excluding hydrogens is 378 g/mol. The van der Waals surface area contributed by atoms with E-state index >= 15 is 0 Å². The van der Waals surface area contributed by atoms with E-state index in [4.69, 9.17) is 4.74 Å². The van der Waals surface area contributed by atoms with Crippen molar-refractivity contribution < 1.29 is 4.74 Å². The van der Waals surface area contributed by atoms with Gasteiger partial charge in [0.05, 0.1) is 5.70 Å². The molecule has 0 amide bonds. The van der Waals surface area contributed by atoms with Crippen LogP contribution in [0.1, 0.15) is 37.1 Å². The van der Waals surface area contributed by atoms with Crippen molar-refractivity contribution in [3.8, 4) is 0 Å². The Kier molecular flexibility index (Phi) is 5.45. The summed E-state index contributed by atoms with van der Waals surface area (Å²) >= 11 is 0.